The molecule has 3 aromatic rings. The molecule has 8 nitrogen and oxygen atoms in total. The second kappa shape index (κ2) is 7.99. The number of carbonyl (C=O) groups is 1. The van der Waals surface area contributed by atoms with Gasteiger partial charge in [0.2, 0.25) is 11.0 Å². The molecule has 0 bridgehead atoms. The van der Waals surface area contributed by atoms with Gasteiger partial charge in [0.15, 0.2) is 5.82 Å². The van der Waals surface area contributed by atoms with Crippen molar-refractivity contribution in [3.05, 3.63) is 59.7 Å². The summed E-state index contributed by atoms with van der Waals surface area (Å²) >= 11 is 0. The molecule has 29 heavy (non-hydrogen) atoms. The minimum absolute atomic E-state index is 0.183. The van der Waals surface area contributed by atoms with Crippen molar-refractivity contribution in [3.63, 3.8) is 0 Å². The summed E-state index contributed by atoms with van der Waals surface area (Å²) in [6.07, 6.45) is 0.457. The number of pyridine rings is 1. The lowest BCUT2D eigenvalue weighted by atomic mass is 10.1. The number of nitrogens with one attached hydrogen (secondary N) is 1. The molecule has 0 saturated carbocycles. The average molecular weight is 429 g/mol. The van der Waals surface area contributed by atoms with Crippen molar-refractivity contribution in [3.8, 4) is 11.3 Å². The maximum Gasteiger partial charge on any atom is 0.404 e. The highest BCUT2D eigenvalue weighted by molar-refractivity contribution is 7.89. The first-order valence-electron chi connectivity index (χ1n) is 8.13. The summed E-state index contributed by atoms with van der Waals surface area (Å²) in [5.74, 6) is -2.43. The van der Waals surface area contributed by atoms with Crippen molar-refractivity contribution < 1.29 is 35.9 Å². The van der Waals surface area contributed by atoms with Crippen molar-refractivity contribution in [2.75, 3.05) is 6.54 Å². The number of carboxylic acid groups (broad SMARTS) is 1. The Morgan fingerprint density at radius 3 is 2.66 bits per heavy atom. The normalized spacial score (nSPS) is 11.6. The Bertz CT molecular complexity index is 1160. The molecule has 1 amide bonds. The molecule has 0 radical (unpaired) electrons. The van der Waals surface area contributed by atoms with Gasteiger partial charge in [0.05, 0.1) is 5.56 Å². The summed E-state index contributed by atoms with van der Waals surface area (Å²) in [6, 6.07) is 4.54. The number of amides is 1. The quantitative estimate of drug-likeness (QED) is 0.558. The largest absolute Gasteiger partial charge is 0.465 e. The predicted octanol–water partition coefficient (Wildman–Crippen LogP) is 2.94. The van der Waals surface area contributed by atoms with Gasteiger partial charge in [-0.25, -0.2) is 22.5 Å². The van der Waals surface area contributed by atoms with E-state index in [0.717, 1.165) is 30.6 Å². The van der Waals surface area contributed by atoms with Crippen LogP contribution in [0.1, 0.15) is 11.3 Å². The summed E-state index contributed by atoms with van der Waals surface area (Å²) < 4.78 is 73.3. The van der Waals surface area contributed by atoms with Gasteiger partial charge in [-0.2, -0.15) is 12.8 Å². The van der Waals surface area contributed by atoms with E-state index in [1.54, 1.807) is 0 Å². The second-order valence-electron chi connectivity index (χ2n) is 5.80. The number of hydrogen-bond donors (Lipinski definition) is 2. The van der Waals surface area contributed by atoms with Gasteiger partial charge in [0.1, 0.15) is 18.1 Å². The number of aromatic nitrogens is 2. The van der Waals surface area contributed by atoms with Crippen LogP contribution in [0.4, 0.5) is 18.0 Å². The molecule has 0 fully saturated rings. The predicted molar refractivity (Wildman–Crippen MR) is 93.4 cm³/mol. The fourth-order valence-corrected chi connectivity index (χ4v) is 3.98. The molecule has 3 aromatic heterocycles. The van der Waals surface area contributed by atoms with Gasteiger partial charge in [-0.05, 0) is 30.7 Å². The molecule has 3 rings (SSSR count). The number of rotatable bonds is 7. The van der Waals surface area contributed by atoms with E-state index in [2.05, 4.69) is 4.98 Å². The van der Waals surface area contributed by atoms with E-state index in [1.807, 2.05) is 5.32 Å². The number of halogens is 3. The molecule has 0 aromatic carbocycles. The van der Waals surface area contributed by atoms with Gasteiger partial charge in [-0.1, -0.05) is 0 Å². The maximum absolute atomic E-state index is 15.1. The first kappa shape index (κ1) is 20.5. The summed E-state index contributed by atoms with van der Waals surface area (Å²) in [6.45, 7) is -1.26. The van der Waals surface area contributed by atoms with Crippen LogP contribution in [0, 0.1) is 11.8 Å². The van der Waals surface area contributed by atoms with Crippen molar-refractivity contribution in [1.82, 2.24) is 14.3 Å². The number of furan rings is 1. The van der Waals surface area contributed by atoms with Gasteiger partial charge >= 0.3 is 16.1 Å². The topological polar surface area (TPSA) is 114 Å². The third-order valence-corrected chi connectivity index (χ3v) is 5.48. The maximum atomic E-state index is 15.1. The molecule has 0 aliphatic carbocycles. The van der Waals surface area contributed by atoms with E-state index in [9.17, 15) is 22.0 Å². The van der Waals surface area contributed by atoms with Gasteiger partial charge in [0, 0.05) is 24.5 Å². The Hall–Kier alpha value is -3.28. The molecule has 12 heteroatoms. The molecule has 0 aliphatic rings. The molecule has 0 atom stereocenters. The molecule has 0 saturated heterocycles. The zero-order valence-electron chi connectivity index (χ0n) is 14.6. The van der Waals surface area contributed by atoms with Crippen LogP contribution in [0.5, 0.6) is 0 Å². The highest BCUT2D eigenvalue weighted by Crippen LogP contribution is 2.32. The Kier molecular flexibility index (Phi) is 5.64. The van der Waals surface area contributed by atoms with Gasteiger partial charge < -0.3 is 14.8 Å². The Morgan fingerprint density at radius 2 is 2.03 bits per heavy atom. The van der Waals surface area contributed by atoms with Crippen LogP contribution in [0.25, 0.3) is 11.3 Å². The lowest BCUT2D eigenvalue weighted by Crippen LogP contribution is -2.23. The summed E-state index contributed by atoms with van der Waals surface area (Å²) in [5, 5.41) is 9.99. The lowest BCUT2D eigenvalue weighted by molar-refractivity contribution is 0.194. The van der Waals surface area contributed by atoms with Crippen LogP contribution in [0.15, 0.2) is 46.2 Å². The molecule has 0 spiro atoms. The highest BCUT2D eigenvalue weighted by atomic mass is 32.2. The Morgan fingerprint density at radius 1 is 1.28 bits per heavy atom. The number of alkyl halides is 1. The Labute approximate surface area is 162 Å². The molecular weight excluding hydrogens is 415 g/mol. The first-order valence-corrected chi connectivity index (χ1v) is 9.57. The zero-order chi connectivity index (χ0) is 21.2. The fourth-order valence-electron chi connectivity index (χ4n) is 2.64. The van der Waals surface area contributed by atoms with Crippen molar-refractivity contribution >= 4 is 16.1 Å². The van der Waals surface area contributed by atoms with Crippen LogP contribution >= 0.6 is 0 Å². The van der Waals surface area contributed by atoms with Crippen LogP contribution in [-0.4, -0.2) is 35.1 Å². The van der Waals surface area contributed by atoms with Gasteiger partial charge in [-0.15, -0.1) is 0 Å². The standard InChI is InChI=1S/C17H14F3N3O5S/c18-8-11-3-4-13(28-11)29(26,27)23-9-10(5-7-22-17(24)25)14(19)15(23)12-2-1-6-21-16(12)20/h1-4,6,9,22H,5,7-8H2,(H,24,25). The second-order valence-corrected chi connectivity index (χ2v) is 7.54. The fraction of sp³-hybridized carbons (Fsp3) is 0.176. The summed E-state index contributed by atoms with van der Waals surface area (Å²) in [5.41, 5.74) is -1.25. The van der Waals surface area contributed by atoms with E-state index in [1.165, 1.54) is 6.07 Å². The minimum atomic E-state index is -4.55. The van der Waals surface area contributed by atoms with Crippen LogP contribution in [0.3, 0.4) is 0 Å². The highest BCUT2D eigenvalue weighted by Gasteiger charge is 2.30. The third kappa shape index (κ3) is 3.97. The summed E-state index contributed by atoms with van der Waals surface area (Å²) in [7, 11) is -4.55. The number of hydrogen-bond acceptors (Lipinski definition) is 5. The smallest absolute Gasteiger partial charge is 0.404 e. The molecule has 3 heterocycles. The van der Waals surface area contributed by atoms with Crippen LogP contribution in [-0.2, 0) is 23.1 Å². The van der Waals surface area contributed by atoms with Gasteiger partial charge in [-0.3, -0.25) is 0 Å². The average Bonchev–Trinajstić information content (AvgIpc) is 3.28. The molecule has 2 N–H and O–H groups in total. The van der Waals surface area contributed by atoms with E-state index in [0.29, 0.717) is 3.97 Å². The molecule has 0 unspecified atom stereocenters. The van der Waals surface area contributed by atoms with Crippen LogP contribution in [0.2, 0.25) is 0 Å². The van der Waals surface area contributed by atoms with Crippen LogP contribution < -0.4 is 5.32 Å². The van der Waals surface area contributed by atoms with E-state index in [4.69, 9.17) is 9.52 Å². The van der Waals surface area contributed by atoms with E-state index < -0.39 is 50.9 Å². The van der Waals surface area contributed by atoms with Gasteiger partial charge in [0.25, 0.3) is 0 Å². The van der Waals surface area contributed by atoms with E-state index in [-0.39, 0.29) is 24.3 Å². The molecular formula is C17H14F3N3O5S. The van der Waals surface area contributed by atoms with Crippen molar-refractivity contribution in [2.45, 2.75) is 18.2 Å². The molecule has 0 aliphatic heterocycles. The third-order valence-electron chi connectivity index (χ3n) is 3.95. The minimum Gasteiger partial charge on any atom is -0.465 e. The SMILES string of the molecule is O=C(O)NCCc1cn(S(=O)(=O)c2ccc(CF)o2)c(-c2cccnc2F)c1F. The molecule has 154 valence electrons. The van der Waals surface area contributed by atoms with Crippen molar-refractivity contribution in [2.24, 2.45) is 0 Å². The Balaban J connectivity index is 2.16. The van der Waals surface area contributed by atoms with E-state index >= 15 is 4.39 Å². The summed E-state index contributed by atoms with van der Waals surface area (Å²) in [4.78, 5) is 14.0. The lowest BCUT2D eigenvalue weighted by Gasteiger charge is -2.09. The zero-order valence-corrected chi connectivity index (χ0v) is 15.4. The first-order chi connectivity index (χ1) is 13.8. The monoisotopic (exact) mass is 429 g/mol. The number of nitrogens with zero attached hydrogens (tertiary/aromatic N) is 2. The van der Waals surface area contributed by atoms with Crippen molar-refractivity contribution in [1.29, 1.82) is 0 Å².